The fourth-order valence-corrected chi connectivity index (χ4v) is 3.22. The maximum absolute atomic E-state index is 12.7. The lowest BCUT2D eigenvalue weighted by Gasteiger charge is -2.07. The molecule has 0 amide bonds. The topological polar surface area (TPSA) is 126 Å². The molecule has 0 fully saturated rings. The molecule has 0 bridgehead atoms. The van der Waals surface area contributed by atoms with Crippen molar-refractivity contribution >= 4 is 22.6 Å². The zero-order valence-electron chi connectivity index (χ0n) is 16.5. The molecule has 0 aliphatic heterocycles. The van der Waals surface area contributed by atoms with Gasteiger partial charge in [-0.05, 0) is 49.4 Å². The number of hydrogen-bond donors (Lipinski definition) is 4. The summed E-state index contributed by atoms with van der Waals surface area (Å²) in [6.45, 7) is 1.87. The second-order valence-electron chi connectivity index (χ2n) is 6.69. The summed E-state index contributed by atoms with van der Waals surface area (Å²) in [6, 6.07) is 16.1. The Balaban J connectivity index is 1.75. The number of phenols is 2. The third kappa shape index (κ3) is 4.02. The van der Waals surface area contributed by atoms with E-state index in [0.717, 1.165) is 5.48 Å². The summed E-state index contributed by atoms with van der Waals surface area (Å²) in [5, 5.41) is 29.3. The van der Waals surface area contributed by atoms with Crippen LogP contribution in [0.2, 0.25) is 0 Å². The number of hydrogen-bond acceptors (Lipinski definition) is 7. The number of phenolic OH excluding ortho intramolecular Hbond substituents is 2. The highest BCUT2D eigenvalue weighted by Crippen LogP contribution is 2.38. The molecule has 158 valence electrons. The van der Waals surface area contributed by atoms with E-state index in [9.17, 15) is 20.2 Å². The van der Waals surface area contributed by atoms with Crippen molar-refractivity contribution in [3.63, 3.8) is 0 Å². The van der Waals surface area contributed by atoms with Crippen molar-refractivity contribution in [3.05, 3.63) is 66.2 Å². The molecule has 0 unspecified atom stereocenters. The van der Waals surface area contributed by atoms with Crippen LogP contribution < -0.4 is 10.2 Å². The average molecular weight is 422 g/mol. The molecule has 31 heavy (non-hydrogen) atoms. The Morgan fingerprint density at radius 3 is 2.48 bits per heavy atom. The average Bonchev–Trinajstić information content (AvgIpc) is 3.12. The fraction of sp³-hybridized carbons (Fsp3) is 0.0870. The van der Waals surface area contributed by atoms with Crippen molar-refractivity contribution in [2.75, 3.05) is 6.61 Å². The van der Waals surface area contributed by atoms with Gasteiger partial charge < -0.3 is 24.1 Å². The fourth-order valence-electron chi connectivity index (χ4n) is 3.22. The van der Waals surface area contributed by atoms with Crippen molar-refractivity contribution in [2.24, 2.45) is 0 Å². The van der Waals surface area contributed by atoms with E-state index >= 15 is 0 Å². The summed E-state index contributed by atoms with van der Waals surface area (Å²) in [6.07, 6.45) is 0. The number of quaternary nitrogens is 1. The molecule has 0 saturated carbocycles. The van der Waals surface area contributed by atoms with Crippen LogP contribution in [0.5, 0.6) is 23.0 Å². The first kappa shape index (κ1) is 20.3. The maximum atomic E-state index is 12.7. The molecule has 0 atom stereocenters. The number of carbonyl (C=O) groups is 1. The first-order chi connectivity index (χ1) is 15.0. The van der Waals surface area contributed by atoms with E-state index in [1.807, 2.05) is 0 Å². The Labute approximate surface area is 176 Å². The Bertz CT molecular complexity index is 1250. The number of nitrogens with two attached hydrogens (primary N) is 1. The monoisotopic (exact) mass is 422 g/mol. The number of fused-ring (bicyclic) bond motifs is 1. The van der Waals surface area contributed by atoms with Crippen molar-refractivity contribution in [1.82, 2.24) is 0 Å². The summed E-state index contributed by atoms with van der Waals surface area (Å²) in [5.74, 6) is 0.592. The SMILES string of the molecule is CCOC(=O)c1c(-c2ccc(Oc3cccc(O)c3)cc2)oc2cc([NH2+]O)c(O)cc12. The van der Waals surface area contributed by atoms with Crippen LogP contribution in [0.4, 0.5) is 5.69 Å². The van der Waals surface area contributed by atoms with Crippen LogP contribution in [0.25, 0.3) is 22.3 Å². The van der Waals surface area contributed by atoms with Gasteiger partial charge in [0.05, 0.1) is 6.61 Å². The van der Waals surface area contributed by atoms with Crippen LogP contribution in [-0.4, -0.2) is 28.0 Å². The molecule has 4 aromatic rings. The smallest absolute Gasteiger partial charge is 0.342 e. The number of esters is 1. The Kier molecular flexibility index (Phi) is 5.48. The van der Waals surface area contributed by atoms with Gasteiger partial charge in [0.25, 0.3) is 0 Å². The van der Waals surface area contributed by atoms with Gasteiger partial charge in [0.15, 0.2) is 5.75 Å². The molecule has 0 radical (unpaired) electrons. The van der Waals surface area contributed by atoms with E-state index in [-0.39, 0.29) is 35.1 Å². The Morgan fingerprint density at radius 1 is 1.03 bits per heavy atom. The van der Waals surface area contributed by atoms with Crippen molar-refractivity contribution in [3.8, 4) is 34.3 Å². The van der Waals surface area contributed by atoms with Crippen molar-refractivity contribution in [1.29, 1.82) is 0 Å². The van der Waals surface area contributed by atoms with Gasteiger partial charge >= 0.3 is 5.97 Å². The van der Waals surface area contributed by atoms with E-state index in [1.54, 1.807) is 49.4 Å². The molecule has 5 N–H and O–H groups in total. The third-order valence-electron chi connectivity index (χ3n) is 4.63. The molecule has 1 heterocycles. The first-order valence-corrected chi connectivity index (χ1v) is 9.51. The summed E-state index contributed by atoms with van der Waals surface area (Å²) in [5.41, 5.74) is 2.01. The van der Waals surface area contributed by atoms with Crippen molar-refractivity contribution in [2.45, 2.75) is 6.92 Å². The second kappa shape index (κ2) is 8.39. The highest BCUT2D eigenvalue weighted by molar-refractivity contribution is 6.09. The van der Waals surface area contributed by atoms with Gasteiger partial charge in [0.1, 0.15) is 34.2 Å². The standard InChI is InChI=1S/C23H19NO7/c1-2-29-23(27)21-17-11-19(26)18(24-28)12-20(17)31-22(21)13-6-8-15(9-7-13)30-16-5-3-4-14(25)10-16/h3-12,24-26,28H,2H2,1H3/p+1. The van der Waals surface area contributed by atoms with E-state index < -0.39 is 5.97 Å². The lowest BCUT2D eigenvalue weighted by atomic mass is 10.0. The third-order valence-corrected chi connectivity index (χ3v) is 4.63. The van der Waals surface area contributed by atoms with E-state index in [1.165, 1.54) is 18.2 Å². The van der Waals surface area contributed by atoms with Gasteiger partial charge in [0, 0.05) is 23.1 Å². The van der Waals surface area contributed by atoms with Crippen LogP contribution in [0.3, 0.4) is 0 Å². The minimum absolute atomic E-state index is 0.0956. The predicted molar refractivity (Wildman–Crippen MR) is 111 cm³/mol. The Morgan fingerprint density at radius 2 is 1.81 bits per heavy atom. The van der Waals surface area contributed by atoms with Gasteiger partial charge in [-0.15, -0.1) is 0 Å². The van der Waals surface area contributed by atoms with Crippen LogP contribution >= 0.6 is 0 Å². The molecular weight excluding hydrogens is 402 g/mol. The zero-order valence-corrected chi connectivity index (χ0v) is 16.5. The van der Waals surface area contributed by atoms with Gasteiger partial charge in [-0.1, -0.05) is 6.07 Å². The summed E-state index contributed by atoms with van der Waals surface area (Å²) in [7, 11) is 0. The molecule has 0 saturated heterocycles. The molecule has 0 spiro atoms. The normalized spacial score (nSPS) is 10.9. The molecule has 0 aliphatic carbocycles. The van der Waals surface area contributed by atoms with Gasteiger partial charge in [-0.25, -0.2) is 10.0 Å². The van der Waals surface area contributed by atoms with E-state index in [0.29, 0.717) is 28.0 Å². The molecule has 8 nitrogen and oxygen atoms in total. The molecule has 3 aromatic carbocycles. The quantitative estimate of drug-likeness (QED) is 0.160. The maximum Gasteiger partial charge on any atom is 0.342 e. The lowest BCUT2D eigenvalue weighted by molar-refractivity contribution is -0.825. The summed E-state index contributed by atoms with van der Waals surface area (Å²) < 4.78 is 16.8. The number of benzene rings is 3. The van der Waals surface area contributed by atoms with Crippen molar-refractivity contribution < 1.29 is 39.6 Å². The van der Waals surface area contributed by atoms with Gasteiger partial charge in [0.2, 0.25) is 5.69 Å². The molecular formula is C23H20NO7+. The zero-order chi connectivity index (χ0) is 22.0. The highest BCUT2D eigenvalue weighted by Gasteiger charge is 2.25. The summed E-state index contributed by atoms with van der Waals surface area (Å²) >= 11 is 0. The number of rotatable bonds is 6. The molecule has 4 rings (SSSR count). The number of carbonyl (C=O) groups excluding carboxylic acids is 1. The first-order valence-electron chi connectivity index (χ1n) is 9.51. The minimum atomic E-state index is -0.587. The Hall–Kier alpha value is -4.01. The highest BCUT2D eigenvalue weighted by atomic mass is 16.5. The molecule has 0 aliphatic rings. The summed E-state index contributed by atoms with van der Waals surface area (Å²) in [4.78, 5) is 12.7. The molecule has 1 aromatic heterocycles. The van der Waals surface area contributed by atoms with Gasteiger partial charge in [-0.2, -0.15) is 5.48 Å². The number of ether oxygens (including phenoxy) is 2. The number of aromatic hydroxyl groups is 2. The molecule has 8 heteroatoms. The van der Waals surface area contributed by atoms with Crippen LogP contribution in [0.1, 0.15) is 17.3 Å². The lowest BCUT2D eigenvalue weighted by Crippen LogP contribution is -2.73. The van der Waals surface area contributed by atoms with Crippen LogP contribution in [0, 0.1) is 0 Å². The van der Waals surface area contributed by atoms with Crippen LogP contribution in [0.15, 0.2) is 65.1 Å². The minimum Gasteiger partial charge on any atom is -0.508 e. The number of furan rings is 1. The second-order valence-corrected chi connectivity index (χ2v) is 6.69. The van der Waals surface area contributed by atoms with Gasteiger partial charge in [-0.3, -0.25) is 0 Å². The van der Waals surface area contributed by atoms with Crippen LogP contribution in [-0.2, 0) is 4.74 Å². The predicted octanol–water partition coefficient (Wildman–Crippen LogP) is 4.06. The van der Waals surface area contributed by atoms with E-state index in [2.05, 4.69) is 0 Å². The van der Waals surface area contributed by atoms with E-state index in [4.69, 9.17) is 13.9 Å². The largest absolute Gasteiger partial charge is 0.508 e.